The van der Waals surface area contributed by atoms with Gasteiger partial charge in [0.1, 0.15) is 0 Å². The van der Waals surface area contributed by atoms with Crippen LogP contribution in [0, 0.1) is 5.92 Å². The van der Waals surface area contributed by atoms with E-state index in [1.54, 1.807) is 0 Å². The zero-order valence-corrected chi connectivity index (χ0v) is 9.38. The predicted molar refractivity (Wildman–Crippen MR) is 57.3 cm³/mol. The van der Waals surface area contributed by atoms with Crippen LogP contribution in [0.1, 0.15) is 32.6 Å². The van der Waals surface area contributed by atoms with E-state index < -0.39 is 5.60 Å². The number of nitrogens with one attached hydrogen (secondary N) is 1. The van der Waals surface area contributed by atoms with Crippen LogP contribution in [0.15, 0.2) is 0 Å². The van der Waals surface area contributed by atoms with Gasteiger partial charge in [-0.05, 0) is 52.1 Å². The van der Waals surface area contributed by atoms with Crippen molar-refractivity contribution in [2.75, 3.05) is 26.8 Å². The molecule has 0 saturated carbocycles. The van der Waals surface area contributed by atoms with Crippen molar-refractivity contribution in [2.24, 2.45) is 5.92 Å². The molecule has 1 rings (SSSR count). The first-order chi connectivity index (χ1) is 6.64. The SMILES string of the molecule is CNCCC(C)(O)CC1CCOCC1. The molecule has 1 aliphatic heterocycles. The van der Waals surface area contributed by atoms with Gasteiger partial charge in [-0.3, -0.25) is 0 Å². The lowest BCUT2D eigenvalue weighted by Crippen LogP contribution is -2.33. The van der Waals surface area contributed by atoms with E-state index in [1.165, 1.54) is 0 Å². The average molecular weight is 201 g/mol. The summed E-state index contributed by atoms with van der Waals surface area (Å²) in [6, 6.07) is 0. The van der Waals surface area contributed by atoms with Gasteiger partial charge in [-0.1, -0.05) is 0 Å². The third-order valence-electron chi connectivity index (χ3n) is 2.98. The molecule has 1 atom stereocenters. The van der Waals surface area contributed by atoms with E-state index in [1.807, 2.05) is 14.0 Å². The summed E-state index contributed by atoms with van der Waals surface area (Å²) in [5.74, 6) is 0.649. The van der Waals surface area contributed by atoms with E-state index >= 15 is 0 Å². The van der Waals surface area contributed by atoms with Crippen LogP contribution in [0.2, 0.25) is 0 Å². The molecule has 14 heavy (non-hydrogen) atoms. The minimum absolute atomic E-state index is 0.509. The van der Waals surface area contributed by atoms with Gasteiger partial charge in [0.25, 0.3) is 0 Å². The molecule has 1 aliphatic rings. The highest BCUT2D eigenvalue weighted by Crippen LogP contribution is 2.26. The molecule has 1 saturated heterocycles. The Balaban J connectivity index is 2.25. The van der Waals surface area contributed by atoms with E-state index in [2.05, 4.69) is 5.32 Å². The Morgan fingerprint density at radius 3 is 2.64 bits per heavy atom. The molecule has 3 nitrogen and oxygen atoms in total. The van der Waals surface area contributed by atoms with Gasteiger partial charge in [0.05, 0.1) is 5.60 Å². The highest BCUT2D eigenvalue weighted by atomic mass is 16.5. The molecule has 0 aromatic carbocycles. The summed E-state index contributed by atoms with van der Waals surface area (Å²) in [4.78, 5) is 0. The Labute approximate surface area is 86.8 Å². The molecular formula is C11H23NO2. The summed E-state index contributed by atoms with van der Waals surface area (Å²) >= 11 is 0. The fourth-order valence-electron chi connectivity index (χ4n) is 2.07. The number of ether oxygens (including phenoxy) is 1. The van der Waals surface area contributed by atoms with Crippen LogP contribution in [0.4, 0.5) is 0 Å². The molecule has 84 valence electrons. The zero-order valence-electron chi connectivity index (χ0n) is 9.38. The average Bonchev–Trinajstić information content (AvgIpc) is 2.16. The van der Waals surface area contributed by atoms with Gasteiger partial charge in [-0.25, -0.2) is 0 Å². The second kappa shape index (κ2) is 5.69. The summed E-state index contributed by atoms with van der Waals surface area (Å²) in [6.07, 6.45) is 3.96. The molecule has 0 amide bonds. The second-order valence-corrected chi connectivity index (χ2v) is 4.61. The molecule has 0 radical (unpaired) electrons. The van der Waals surface area contributed by atoms with E-state index in [0.29, 0.717) is 5.92 Å². The lowest BCUT2D eigenvalue weighted by atomic mass is 9.85. The highest BCUT2D eigenvalue weighted by Gasteiger charge is 2.26. The van der Waals surface area contributed by atoms with Gasteiger partial charge in [-0.2, -0.15) is 0 Å². The van der Waals surface area contributed by atoms with Crippen LogP contribution in [0.5, 0.6) is 0 Å². The second-order valence-electron chi connectivity index (χ2n) is 4.61. The Bertz CT molecular complexity index is 153. The molecule has 0 bridgehead atoms. The van der Waals surface area contributed by atoms with Gasteiger partial charge < -0.3 is 15.2 Å². The summed E-state index contributed by atoms with van der Waals surface area (Å²) in [7, 11) is 1.92. The Morgan fingerprint density at radius 1 is 1.43 bits per heavy atom. The van der Waals surface area contributed by atoms with Crippen molar-refractivity contribution in [3.63, 3.8) is 0 Å². The lowest BCUT2D eigenvalue weighted by molar-refractivity contribution is -0.00441. The van der Waals surface area contributed by atoms with E-state index in [-0.39, 0.29) is 0 Å². The Hall–Kier alpha value is -0.120. The number of aliphatic hydroxyl groups is 1. The van der Waals surface area contributed by atoms with Crippen molar-refractivity contribution in [2.45, 2.75) is 38.2 Å². The molecule has 0 aromatic heterocycles. The Kier molecular flexibility index (Phi) is 4.85. The first kappa shape index (κ1) is 12.0. The van der Waals surface area contributed by atoms with Gasteiger partial charge >= 0.3 is 0 Å². The standard InChI is InChI=1S/C11H23NO2/c1-11(13,5-6-12-2)9-10-3-7-14-8-4-10/h10,12-13H,3-9H2,1-2H3. The van der Waals surface area contributed by atoms with E-state index in [0.717, 1.165) is 45.4 Å². The van der Waals surface area contributed by atoms with Crippen LogP contribution in [-0.4, -0.2) is 37.5 Å². The summed E-state index contributed by atoms with van der Waals surface area (Å²) < 4.78 is 5.30. The fourth-order valence-corrected chi connectivity index (χ4v) is 2.07. The van der Waals surface area contributed by atoms with Crippen molar-refractivity contribution in [3.05, 3.63) is 0 Å². The quantitative estimate of drug-likeness (QED) is 0.701. The van der Waals surface area contributed by atoms with E-state index in [4.69, 9.17) is 4.74 Å². The Morgan fingerprint density at radius 2 is 2.07 bits per heavy atom. The van der Waals surface area contributed by atoms with Crippen LogP contribution in [-0.2, 0) is 4.74 Å². The first-order valence-electron chi connectivity index (χ1n) is 5.59. The largest absolute Gasteiger partial charge is 0.390 e. The number of hydrogen-bond acceptors (Lipinski definition) is 3. The molecule has 0 aliphatic carbocycles. The maximum absolute atomic E-state index is 10.1. The smallest absolute Gasteiger partial charge is 0.0634 e. The van der Waals surface area contributed by atoms with Crippen LogP contribution >= 0.6 is 0 Å². The molecule has 2 N–H and O–H groups in total. The summed E-state index contributed by atoms with van der Waals surface area (Å²) in [5, 5.41) is 13.2. The minimum atomic E-state index is -0.509. The topological polar surface area (TPSA) is 41.5 Å². The van der Waals surface area contributed by atoms with E-state index in [9.17, 15) is 5.11 Å². The summed E-state index contributed by atoms with van der Waals surface area (Å²) in [5.41, 5.74) is -0.509. The third kappa shape index (κ3) is 4.40. The van der Waals surface area contributed by atoms with Crippen molar-refractivity contribution in [1.82, 2.24) is 5.32 Å². The maximum atomic E-state index is 10.1. The molecule has 0 aromatic rings. The molecule has 0 spiro atoms. The lowest BCUT2D eigenvalue weighted by Gasteiger charge is -2.30. The fraction of sp³-hybridized carbons (Fsp3) is 1.00. The zero-order chi connectivity index (χ0) is 10.4. The molecule has 1 heterocycles. The number of hydrogen-bond donors (Lipinski definition) is 2. The van der Waals surface area contributed by atoms with Crippen molar-refractivity contribution >= 4 is 0 Å². The normalized spacial score (nSPS) is 23.4. The molecule has 1 unspecified atom stereocenters. The number of rotatable bonds is 5. The van der Waals surface area contributed by atoms with Gasteiger partial charge in [0.15, 0.2) is 0 Å². The molecule has 1 fully saturated rings. The van der Waals surface area contributed by atoms with Crippen molar-refractivity contribution in [3.8, 4) is 0 Å². The monoisotopic (exact) mass is 201 g/mol. The third-order valence-corrected chi connectivity index (χ3v) is 2.98. The molecule has 3 heteroatoms. The van der Waals surface area contributed by atoms with Crippen LogP contribution in [0.25, 0.3) is 0 Å². The van der Waals surface area contributed by atoms with Crippen LogP contribution in [0.3, 0.4) is 0 Å². The highest BCUT2D eigenvalue weighted by molar-refractivity contribution is 4.78. The van der Waals surface area contributed by atoms with Gasteiger partial charge in [0.2, 0.25) is 0 Å². The van der Waals surface area contributed by atoms with Gasteiger partial charge in [0, 0.05) is 13.2 Å². The first-order valence-corrected chi connectivity index (χ1v) is 5.59. The minimum Gasteiger partial charge on any atom is -0.390 e. The van der Waals surface area contributed by atoms with Crippen LogP contribution < -0.4 is 5.32 Å². The van der Waals surface area contributed by atoms with Crippen molar-refractivity contribution in [1.29, 1.82) is 0 Å². The molecular weight excluding hydrogens is 178 g/mol. The van der Waals surface area contributed by atoms with Gasteiger partial charge in [-0.15, -0.1) is 0 Å². The van der Waals surface area contributed by atoms with Crippen molar-refractivity contribution < 1.29 is 9.84 Å². The maximum Gasteiger partial charge on any atom is 0.0634 e. The predicted octanol–water partition coefficient (Wildman–Crippen LogP) is 1.16. The summed E-state index contributed by atoms with van der Waals surface area (Å²) in [6.45, 7) is 4.57.